The molecule has 5 rings (SSSR count). The minimum Gasteiger partial charge on any atom is -0.497 e. The van der Waals surface area contributed by atoms with Crippen LogP contribution in [0.5, 0.6) is 5.75 Å². The zero-order chi connectivity index (χ0) is 16.7. The van der Waals surface area contributed by atoms with Crippen molar-refractivity contribution in [3.63, 3.8) is 0 Å². The second-order valence-electron chi connectivity index (χ2n) is 8.12. The van der Waals surface area contributed by atoms with Gasteiger partial charge in [-0.15, -0.1) is 11.8 Å². The Morgan fingerprint density at radius 2 is 1.67 bits per heavy atom. The van der Waals surface area contributed by atoms with Gasteiger partial charge in [-0.25, -0.2) is 0 Å². The summed E-state index contributed by atoms with van der Waals surface area (Å²) < 4.78 is 5.19. The van der Waals surface area contributed by atoms with E-state index >= 15 is 0 Å². The highest BCUT2D eigenvalue weighted by atomic mass is 32.2. The molecule has 4 saturated carbocycles. The molecule has 1 amide bonds. The van der Waals surface area contributed by atoms with Gasteiger partial charge in [-0.1, -0.05) is 0 Å². The lowest BCUT2D eigenvalue weighted by atomic mass is 9.53. The Hall–Kier alpha value is -1.16. The van der Waals surface area contributed by atoms with Crippen LogP contribution in [0, 0.1) is 17.8 Å². The molecule has 0 aromatic heterocycles. The lowest BCUT2D eigenvalue weighted by Crippen LogP contribution is -2.60. The first kappa shape index (κ1) is 16.3. The average molecular weight is 346 g/mol. The van der Waals surface area contributed by atoms with Crippen LogP contribution in [0.1, 0.15) is 45.4 Å². The third kappa shape index (κ3) is 3.17. The van der Waals surface area contributed by atoms with E-state index < -0.39 is 0 Å². The summed E-state index contributed by atoms with van der Waals surface area (Å²) in [6.07, 6.45) is 7.86. The van der Waals surface area contributed by atoms with Crippen LogP contribution >= 0.6 is 11.8 Å². The third-order valence-corrected chi connectivity index (χ3v) is 7.28. The third-order valence-electron chi connectivity index (χ3n) is 6.17. The number of carbonyl (C=O) groups excluding carboxylic acids is 1. The van der Waals surface area contributed by atoms with Crippen LogP contribution in [0.2, 0.25) is 0 Å². The molecule has 0 spiro atoms. The van der Waals surface area contributed by atoms with Gasteiger partial charge < -0.3 is 10.1 Å². The molecule has 4 aliphatic carbocycles. The smallest absolute Gasteiger partial charge is 0.233 e. The number of benzene rings is 1. The van der Waals surface area contributed by atoms with Crippen molar-refractivity contribution in [1.82, 2.24) is 5.32 Å². The Morgan fingerprint density at radius 3 is 2.17 bits per heavy atom. The summed E-state index contributed by atoms with van der Waals surface area (Å²) in [5.74, 6) is 3.64. The number of ether oxygens (including phenoxy) is 1. The molecule has 4 fully saturated rings. The van der Waals surface area contributed by atoms with Gasteiger partial charge in [0.2, 0.25) is 5.91 Å². The van der Waals surface area contributed by atoms with Crippen LogP contribution in [-0.2, 0) is 4.79 Å². The fraction of sp³-hybridized carbons (Fsp3) is 0.650. The Morgan fingerprint density at radius 1 is 1.12 bits per heavy atom. The predicted molar refractivity (Wildman–Crippen MR) is 97.4 cm³/mol. The van der Waals surface area contributed by atoms with Crippen molar-refractivity contribution in [2.45, 2.75) is 61.1 Å². The number of carbonyl (C=O) groups is 1. The van der Waals surface area contributed by atoms with E-state index in [-0.39, 0.29) is 16.7 Å². The molecule has 1 aromatic carbocycles. The quantitative estimate of drug-likeness (QED) is 0.810. The molecule has 0 saturated heterocycles. The maximum absolute atomic E-state index is 12.8. The summed E-state index contributed by atoms with van der Waals surface area (Å²) in [4.78, 5) is 13.9. The van der Waals surface area contributed by atoms with Crippen molar-refractivity contribution in [3.8, 4) is 5.75 Å². The van der Waals surface area contributed by atoms with Gasteiger partial charge in [-0.2, -0.15) is 0 Å². The van der Waals surface area contributed by atoms with Crippen molar-refractivity contribution in [2.24, 2.45) is 17.8 Å². The maximum Gasteiger partial charge on any atom is 0.233 e. The lowest BCUT2D eigenvalue weighted by Gasteiger charge is -2.57. The molecule has 0 heterocycles. The molecule has 130 valence electrons. The number of hydrogen-bond acceptors (Lipinski definition) is 3. The van der Waals surface area contributed by atoms with E-state index in [1.807, 2.05) is 31.2 Å². The Labute approximate surface area is 148 Å². The van der Waals surface area contributed by atoms with Gasteiger partial charge in [-0.05, 0) is 87.5 Å². The van der Waals surface area contributed by atoms with Crippen molar-refractivity contribution < 1.29 is 9.53 Å². The molecule has 4 aliphatic rings. The normalized spacial score (nSPS) is 34.8. The molecule has 4 bridgehead atoms. The number of nitrogens with one attached hydrogen (secondary N) is 1. The Bertz CT molecular complexity index is 577. The molecule has 1 N–H and O–H groups in total. The summed E-state index contributed by atoms with van der Waals surface area (Å²) in [7, 11) is 1.67. The maximum atomic E-state index is 12.8. The van der Waals surface area contributed by atoms with Crippen molar-refractivity contribution in [1.29, 1.82) is 0 Å². The first-order chi connectivity index (χ1) is 11.5. The van der Waals surface area contributed by atoms with E-state index in [4.69, 9.17) is 4.74 Å². The summed E-state index contributed by atoms with van der Waals surface area (Å²) in [6, 6.07) is 7.95. The monoisotopic (exact) mass is 345 g/mol. The average Bonchev–Trinajstić information content (AvgIpc) is 2.53. The SMILES string of the molecule is COc1ccc(SC(C)C(=O)NC23CC4CC(CC(C4)C2)C3)cc1. The zero-order valence-electron chi connectivity index (χ0n) is 14.6. The van der Waals surface area contributed by atoms with E-state index in [1.54, 1.807) is 18.9 Å². The molecular formula is C20H27NO2S. The largest absolute Gasteiger partial charge is 0.497 e. The van der Waals surface area contributed by atoms with E-state index in [2.05, 4.69) is 5.32 Å². The van der Waals surface area contributed by atoms with E-state index in [0.717, 1.165) is 28.4 Å². The second kappa shape index (κ2) is 6.29. The second-order valence-corrected chi connectivity index (χ2v) is 9.54. The van der Waals surface area contributed by atoms with Gasteiger partial charge in [0.15, 0.2) is 0 Å². The molecular weight excluding hydrogens is 318 g/mol. The number of amides is 1. The summed E-state index contributed by atoms with van der Waals surface area (Å²) >= 11 is 1.63. The molecule has 0 aliphatic heterocycles. The highest BCUT2D eigenvalue weighted by molar-refractivity contribution is 8.00. The van der Waals surface area contributed by atoms with Crippen LogP contribution < -0.4 is 10.1 Å². The molecule has 0 radical (unpaired) electrons. The first-order valence-electron chi connectivity index (χ1n) is 9.18. The zero-order valence-corrected chi connectivity index (χ0v) is 15.4. The van der Waals surface area contributed by atoms with Crippen molar-refractivity contribution in [2.75, 3.05) is 7.11 Å². The molecule has 1 unspecified atom stereocenters. The van der Waals surface area contributed by atoms with Crippen LogP contribution in [0.15, 0.2) is 29.2 Å². The van der Waals surface area contributed by atoms with Crippen LogP contribution in [0.3, 0.4) is 0 Å². The molecule has 3 nitrogen and oxygen atoms in total. The van der Waals surface area contributed by atoms with Gasteiger partial charge in [0, 0.05) is 10.4 Å². The number of thioether (sulfide) groups is 1. The predicted octanol–water partition coefficient (Wildman–Crippen LogP) is 4.26. The summed E-state index contributed by atoms with van der Waals surface area (Å²) in [6.45, 7) is 2.02. The highest BCUT2D eigenvalue weighted by Crippen LogP contribution is 2.55. The van der Waals surface area contributed by atoms with Gasteiger partial charge >= 0.3 is 0 Å². The molecule has 1 aromatic rings. The number of hydrogen-bond donors (Lipinski definition) is 1. The van der Waals surface area contributed by atoms with Crippen molar-refractivity contribution in [3.05, 3.63) is 24.3 Å². The minimum absolute atomic E-state index is 0.0635. The van der Waals surface area contributed by atoms with Gasteiger partial charge in [0.1, 0.15) is 5.75 Å². The minimum atomic E-state index is -0.0635. The van der Waals surface area contributed by atoms with Gasteiger partial charge in [0.25, 0.3) is 0 Å². The summed E-state index contributed by atoms with van der Waals surface area (Å²) in [5.41, 5.74) is 0.112. The standard InChI is InChI=1S/C20H27NO2S/c1-13(24-18-5-3-17(23-2)4-6-18)19(22)21-20-10-14-7-15(11-20)9-16(8-14)12-20/h3-6,13-16H,7-12H2,1-2H3,(H,21,22). The van der Waals surface area contributed by atoms with Crippen LogP contribution in [0.25, 0.3) is 0 Å². The highest BCUT2D eigenvalue weighted by Gasteiger charge is 2.51. The Balaban J connectivity index is 1.38. The van der Waals surface area contributed by atoms with Gasteiger partial charge in [0.05, 0.1) is 12.4 Å². The first-order valence-corrected chi connectivity index (χ1v) is 10.1. The fourth-order valence-corrected chi connectivity index (χ4v) is 6.41. The van der Waals surface area contributed by atoms with E-state index in [9.17, 15) is 4.79 Å². The number of methoxy groups -OCH3 is 1. The topological polar surface area (TPSA) is 38.3 Å². The number of rotatable bonds is 5. The lowest BCUT2D eigenvalue weighted by molar-refractivity contribution is -0.126. The fourth-order valence-electron chi connectivity index (χ4n) is 5.54. The van der Waals surface area contributed by atoms with Crippen LogP contribution in [-0.4, -0.2) is 23.8 Å². The Kier molecular flexibility index (Phi) is 4.27. The summed E-state index contributed by atoms with van der Waals surface area (Å²) in [5, 5.41) is 3.42. The van der Waals surface area contributed by atoms with E-state index in [0.29, 0.717) is 0 Å². The molecule has 4 heteroatoms. The van der Waals surface area contributed by atoms with Crippen molar-refractivity contribution >= 4 is 17.7 Å². The van der Waals surface area contributed by atoms with Gasteiger partial charge in [-0.3, -0.25) is 4.79 Å². The molecule has 1 atom stereocenters. The molecule has 24 heavy (non-hydrogen) atoms. The van der Waals surface area contributed by atoms with E-state index in [1.165, 1.54) is 38.5 Å². The van der Waals surface area contributed by atoms with Crippen LogP contribution in [0.4, 0.5) is 0 Å².